The first-order valence-electron chi connectivity index (χ1n) is 8.45. The molecule has 0 radical (unpaired) electrons. The normalized spacial score (nSPS) is 17.9. The molecule has 0 saturated heterocycles. The third kappa shape index (κ3) is 5.08. The van der Waals surface area contributed by atoms with E-state index in [1.165, 1.54) is 12.8 Å². The highest BCUT2D eigenvalue weighted by atomic mass is 16.5. The third-order valence-electron chi connectivity index (χ3n) is 3.88. The molecular weight excluding hydrogens is 266 g/mol. The highest BCUT2D eigenvalue weighted by Crippen LogP contribution is 2.42. The van der Waals surface area contributed by atoms with Crippen molar-refractivity contribution in [1.82, 2.24) is 15.5 Å². The molecule has 0 amide bonds. The molecule has 1 aliphatic rings. The standard InChI is InChI=1S/C16H29N3O2/c1-4-7-13(17-10-5-2)11-14-18-16(19-21-14)15(20-6-3)12-8-9-12/h12-13,15,17H,4-11H2,1-3H3. The molecule has 1 heterocycles. The summed E-state index contributed by atoms with van der Waals surface area (Å²) in [6.45, 7) is 8.14. The van der Waals surface area contributed by atoms with E-state index in [-0.39, 0.29) is 6.10 Å². The largest absolute Gasteiger partial charge is 0.370 e. The number of ether oxygens (including phenoxy) is 1. The molecule has 2 rings (SSSR count). The van der Waals surface area contributed by atoms with E-state index in [1.54, 1.807) is 0 Å². The Kier molecular flexibility index (Phi) is 6.64. The van der Waals surface area contributed by atoms with E-state index in [9.17, 15) is 0 Å². The first-order valence-corrected chi connectivity index (χ1v) is 8.45. The van der Waals surface area contributed by atoms with E-state index in [0.29, 0.717) is 18.6 Å². The van der Waals surface area contributed by atoms with Gasteiger partial charge in [-0.3, -0.25) is 0 Å². The molecule has 21 heavy (non-hydrogen) atoms. The van der Waals surface area contributed by atoms with Crippen LogP contribution in [0.2, 0.25) is 0 Å². The Balaban J connectivity index is 1.93. The Bertz CT molecular complexity index is 404. The lowest BCUT2D eigenvalue weighted by atomic mass is 10.1. The summed E-state index contributed by atoms with van der Waals surface area (Å²) in [5, 5.41) is 7.71. The van der Waals surface area contributed by atoms with Crippen LogP contribution in [0.1, 0.15) is 70.7 Å². The van der Waals surface area contributed by atoms with Crippen molar-refractivity contribution < 1.29 is 9.26 Å². The van der Waals surface area contributed by atoms with Gasteiger partial charge in [0.05, 0.1) is 0 Å². The number of hydrogen-bond donors (Lipinski definition) is 1. The van der Waals surface area contributed by atoms with Crippen molar-refractivity contribution in [3.05, 3.63) is 11.7 Å². The van der Waals surface area contributed by atoms with Crippen molar-refractivity contribution in [2.75, 3.05) is 13.2 Å². The van der Waals surface area contributed by atoms with Gasteiger partial charge in [0.15, 0.2) is 0 Å². The van der Waals surface area contributed by atoms with Crippen LogP contribution in [-0.2, 0) is 11.2 Å². The van der Waals surface area contributed by atoms with E-state index in [4.69, 9.17) is 9.26 Å². The number of hydrogen-bond acceptors (Lipinski definition) is 5. The predicted octanol–water partition coefficient (Wildman–Crippen LogP) is 3.27. The average Bonchev–Trinajstić information content (AvgIpc) is 3.22. The molecule has 1 aliphatic carbocycles. The SMILES string of the molecule is CCCNC(CCC)Cc1nc(C(OCC)C2CC2)no1. The molecule has 1 saturated carbocycles. The Hall–Kier alpha value is -0.940. The maximum Gasteiger partial charge on any atom is 0.228 e. The van der Waals surface area contributed by atoms with Crippen LogP contribution < -0.4 is 5.32 Å². The average molecular weight is 295 g/mol. The van der Waals surface area contributed by atoms with Gasteiger partial charge in [0, 0.05) is 19.1 Å². The van der Waals surface area contributed by atoms with Crippen LogP contribution in [0.4, 0.5) is 0 Å². The lowest BCUT2D eigenvalue weighted by Gasteiger charge is -2.15. The molecule has 5 heteroatoms. The van der Waals surface area contributed by atoms with Gasteiger partial charge in [0.25, 0.3) is 0 Å². The van der Waals surface area contributed by atoms with E-state index >= 15 is 0 Å². The fraction of sp³-hybridized carbons (Fsp3) is 0.875. The van der Waals surface area contributed by atoms with Gasteiger partial charge >= 0.3 is 0 Å². The summed E-state index contributed by atoms with van der Waals surface area (Å²) in [7, 11) is 0. The minimum absolute atomic E-state index is 0.0285. The lowest BCUT2D eigenvalue weighted by Crippen LogP contribution is -2.31. The zero-order chi connectivity index (χ0) is 15.1. The zero-order valence-corrected chi connectivity index (χ0v) is 13.6. The smallest absolute Gasteiger partial charge is 0.228 e. The molecule has 1 aromatic rings. The molecule has 1 fully saturated rings. The van der Waals surface area contributed by atoms with Crippen molar-refractivity contribution >= 4 is 0 Å². The van der Waals surface area contributed by atoms with Gasteiger partial charge < -0.3 is 14.6 Å². The quantitative estimate of drug-likeness (QED) is 0.679. The molecule has 5 nitrogen and oxygen atoms in total. The second-order valence-corrected chi connectivity index (χ2v) is 5.90. The zero-order valence-electron chi connectivity index (χ0n) is 13.6. The summed E-state index contributed by atoms with van der Waals surface area (Å²) in [6.07, 6.45) is 6.70. The molecule has 0 aromatic carbocycles. The summed E-state index contributed by atoms with van der Waals surface area (Å²) >= 11 is 0. The van der Waals surface area contributed by atoms with Crippen molar-refractivity contribution in [2.45, 2.75) is 71.4 Å². The summed E-state index contributed by atoms with van der Waals surface area (Å²) < 4.78 is 11.2. The molecule has 1 N–H and O–H groups in total. The fourth-order valence-corrected chi connectivity index (χ4v) is 2.65. The second kappa shape index (κ2) is 8.49. The summed E-state index contributed by atoms with van der Waals surface area (Å²) in [5.41, 5.74) is 0. The van der Waals surface area contributed by atoms with Crippen LogP contribution in [0.25, 0.3) is 0 Å². The molecule has 0 bridgehead atoms. The highest BCUT2D eigenvalue weighted by Gasteiger charge is 2.36. The summed E-state index contributed by atoms with van der Waals surface area (Å²) in [4.78, 5) is 4.58. The Morgan fingerprint density at radius 3 is 2.71 bits per heavy atom. The summed E-state index contributed by atoms with van der Waals surface area (Å²) in [6, 6.07) is 0.426. The number of rotatable bonds is 11. The Morgan fingerprint density at radius 1 is 1.29 bits per heavy atom. The van der Waals surface area contributed by atoms with E-state index in [0.717, 1.165) is 43.9 Å². The van der Waals surface area contributed by atoms with Gasteiger partial charge in [-0.25, -0.2) is 0 Å². The van der Waals surface area contributed by atoms with Gasteiger partial charge in [-0.05, 0) is 45.1 Å². The third-order valence-corrected chi connectivity index (χ3v) is 3.88. The molecule has 2 unspecified atom stereocenters. The van der Waals surface area contributed by atoms with E-state index in [2.05, 4.69) is 29.3 Å². The van der Waals surface area contributed by atoms with Crippen molar-refractivity contribution in [1.29, 1.82) is 0 Å². The molecule has 0 aliphatic heterocycles. The molecule has 120 valence electrons. The minimum Gasteiger partial charge on any atom is -0.370 e. The second-order valence-electron chi connectivity index (χ2n) is 5.90. The van der Waals surface area contributed by atoms with Gasteiger partial charge in [0.1, 0.15) is 6.10 Å². The van der Waals surface area contributed by atoms with Crippen molar-refractivity contribution in [2.24, 2.45) is 5.92 Å². The molecule has 0 spiro atoms. The van der Waals surface area contributed by atoms with Crippen LogP contribution in [0, 0.1) is 5.92 Å². The van der Waals surface area contributed by atoms with Crippen LogP contribution in [0.3, 0.4) is 0 Å². The van der Waals surface area contributed by atoms with Crippen LogP contribution in [0.15, 0.2) is 4.52 Å². The van der Waals surface area contributed by atoms with Gasteiger partial charge in [-0.1, -0.05) is 25.4 Å². The van der Waals surface area contributed by atoms with Crippen molar-refractivity contribution in [3.63, 3.8) is 0 Å². The monoisotopic (exact) mass is 295 g/mol. The van der Waals surface area contributed by atoms with Crippen molar-refractivity contribution in [3.8, 4) is 0 Å². The van der Waals surface area contributed by atoms with Crippen LogP contribution in [-0.4, -0.2) is 29.3 Å². The van der Waals surface area contributed by atoms with Crippen LogP contribution >= 0.6 is 0 Å². The van der Waals surface area contributed by atoms with Gasteiger partial charge in [-0.2, -0.15) is 4.98 Å². The minimum atomic E-state index is 0.0285. The van der Waals surface area contributed by atoms with Gasteiger partial charge in [-0.15, -0.1) is 0 Å². The first-order chi connectivity index (χ1) is 10.3. The fourth-order valence-electron chi connectivity index (χ4n) is 2.65. The molecule has 2 atom stereocenters. The maximum atomic E-state index is 5.78. The topological polar surface area (TPSA) is 60.2 Å². The van der Waals surface area contributed by atoms with Gasteiger partial charge in [0.2, 0.25) is 11.7 Å². The Morgan fingerprint density at radius 2 is 2.10 bits per heavy atom. The maximum absolute atomic E-state index is 5.78. The first kappa shape index (κ1) is 16.4. The molecular formula is C16H29N3O2. The van der Waals surface area contributed by atoms with E-state index < -0.39 is 0 Å². The Labute approximate surface area is 127 Å². The lowest BCUT2D eigenvalue weighted by molar-refractivity contribution is 0.0384. The number of aromatic nitrogens is 2. The highest BCUT2D eigenvalue weighted by molar-refractivity contribution is 4.99. The predicted molar refractivity (Wildman–Crippen MR) is 82.1 cm³/mol. The number of nitrogens with zero attached hydrogens (tertiary/aromatic N) is 2. The van der Waals surface area contributed by atoms with Crippen LogP contribution in [0.5, 0.6) is 0 Å². The summed E-state index contributed by atoms with van der Waals surface area (Å²) in [5.74, 6) is 2.05. The molecule has 1 aromatic heterocycles. The van der Waals surface area contributed by atoms with E-state index in [1.807, 2.05) is 6.92 Å². The number of nitrogens with one attached hydrogen (secondary N) is 1.